The van der Waals surface area contributed by atoms with Crippen molar-refractivity contribution < 1.29 is 14.6 Å². The molecule has 4 rings (SSSR count). The Kier molecular flexibility index (Phi) is 9.20. The number of hydrogen-bond donors (Lipinski definition) is 1. The maximum absolute atomic E-state index is 11.7. The van der Waals surface area contributed by atoms with Crippen LogP contribution in [0, 0.1) is 0 Å². The summed E-state index contributed by atoms with van der Waals surface area (Å²) in [5, 5.41) is 19.9. The zero-order chi connectivity index (χ0) is 28.0. The molecule has 0 radical (unpaired) electrons. The highest BCUT2D eigenvalue weighted by molar-refractivity contribution is 7.10. The normalized spacial score (nSPS) is 15.1. The smallest absolute Gasteiger partial charge is 0.215 e. The number of nitrogens with zero attached hydrogens (tertiary/aromatic N) is 4. The third-order valence-electron chi connectivity index (χ3n) is 7.02. The van der Waals surface area contributed by atoms with Crippen LogP contribution in [0.2, 0.25) is 0 Å². The van der Waals surface area contributed by atoms with Crippen molar-refractivity contribution in [3.8, 4) is 11.3 Å². The molecular weight excluding hydrogens is 508 g/mol. The summed E-state index contributed by atoms with van der Waals surface area (Å²) in [6, 6.07) is 17.1. The van der Waals surface area contributed by atoms with Crippen molar-refractivity contribution in [3.05, 3.63) is 75.6 Å². The average Bonchev–Trinajstić information content (AvgIpc) is 3.39. The van der Waals surface area contributed by atoms with Crippen molar-refractivity contribution in [2.24, 2.45) is 5.10 Å². The zero-order valence-electron chi connectivity index (χ0n) is 23.7. The summed E-state index contributed by atoms with van der Waals surface area (Å²) in [6.45, 7) is 10.5. The molecule has 0 bridgehead atoms. The van der Waals surface area contributed by atoms with E-state index in [9.17, 15) is 9.90 Å². The van der Waals surface area contributed by atoms with Crippen LogP contribution in [-0.2, 0) is 33.5 Å². The summed E-state index contributed by atoms with van der Waals surface area (Å²) in [5.41, 5.74) is 4.82. The molecule has 2 heterocycles. The standard InChI is InChI=1S/C31H40N4O3S/c1-6-35(22-36)28(33-34(5)18-24-12-16-26(17-13-24)30(2,3)4)9-7-8-23-10-14-25(15-11-23)27-19-39-29(32-27)31(37)20-38-21-31/h10-17,19,22,37H,6-9,18,20-21H2,1-5H3/b33-28-. The first-order valence-electron chi connectivity index (χ1n) is 13.6. The number of amides is 1. The van der Waals surface area contributed by atoms with E-state index in [1.54, 1.807) is 4.90 Å². The lowest BCUT2D eigenvalue weighted by molar-refractivity contribution is -0.184. The zero-order valence-corrected chi connectivity index (χ0v) is 24.5. The van der Waals surface area contributed by atoms with Gasteiger partial charge in [-0.05, 0) is 41.9 Å². The van der Waals surface area contributed by atoms with E-state index in [-0.39, 0.29) is 5.41 Å². The Morgan fingerprint density at radius 1 is 1.13 bits per heavy atom. The first-order chi connectivity index (χ1) is 18.6. The fraction of sp³-hybridized carbons (Fsp3) is 0.452. The summed E-state index contributed by atoms with van der Waals surface area (Å²) in [7, 11) is 1.95. The second-order valence-electron chi connectivity index (χ2n) is 11.3. The predicted octanol–water partition coefficient (Wildman–Crippen LogP) is 5.57. The monoisotopic (exact) mass is 548 g/mol. The van der Waals surface area contributed by atoms with Crippen molar-refractivity contribution in [1.82, 2.24) is 14.9 Å². The van der Waals surface area contributed by atoms with Crippen molar-refractivity contribution in [2.75, 3.05) is 26.8 Å². The van der Waals surface area contributed by atoms with Crippen LogP contribution in [0.3, 0.4) is 0 Å². The Hall–Kier alpha value is -3.07. The molecule has 0 saturated carbocycles. The lowest BCUT2D eigenvalue weighted by Crippen LogP contribution is -2.46. The van der Waals surface area contributed by atoms with Crippen LogP contribution in [-0.4, -0.2) is 59.1 Å². The molecule has 2 aromatic carbocycles. The topological polar surface area (TPSA) is 78.3 Å². The van der Waals surface area contributed by atoms with E-state index in [1.165, 1.54) is 28.0 Å². The van der Waals surface area contributed by atoms with E-state index >= 15 is 0 Å². The molecule has 8 heteroatoms. The average molecular weight is 549 g/mol. The van der Waals surface area contributed by atoms with Gasteiger partial charge in [-0.1, -0.05) is 69.3 Å². The molecule has 1 fully saturated rings. The maximum Gasteiger partial charge on any atom is 0.215 e. The van der Waals surface area contributed by atoms with Crippen LogP contribution in [0.4, 0.5) is 0 Å². The molecule has 39 heavy (non-hydrogen) atoms. The van der Waals surface area contributed by atoms with E-state index in [2.05, 4.69) is 74.3 Å². The molecule has 1 aromatic heterocycles. The Bertz CT molecular complexity index is 1260. The van der Waals surface area contributed by atoms with Crippen LogP contribution >= 0.6 is 11.3 Å². The number of thiazole rings is 1. The number of ether oxygens (including phenoxy) is 1. The predicted molar refractivity (Wildman–Crippen MR) is 158 cm³/mol. The van der Waals surface area contributed by atoms with E-state index in [1.807, 2.05) is 24.4 Å². The maximum atomic E-state index is 11.7. The molecule has 1 aliphatic rings. The molecule has 0 unspecified atom stereocenters. The van der Waals surface area contributed by atoms with E-state index < -0.39 is 5.60 Å². The molecule has 208 valence electrons. The molecular formula is C31H40N4O3S. The second kappa shape index (κ2) is 12.4. The summed E-state index contributed by atoms with van der Waals surface area (Å²) in [4.78, 5) is 18.1. The minimum Gasteiger partial charge on any atom is -0.378 e. The first kappa shape index (κ1) is 28.9. The van der Waals surface area contributed by atoms with Gasteiger partial charge in [0.25, 0.3) is 0 Å². The van der Waals surface area contributed by atoms with Crippen LogP contribution in [0.15, 0.2) is 59.0 Å². The molecule has 3 aromatic rings. The van der Waals surface area contributed by atoms with Gasteiger partial charge in [0.05, 0.1) is 25.5 Å². The lowest BCUT2D eigenvalue weighted by Gasteiger charge is -2.34. The van der Waals surface area contributed by atoms with Crippen LogP contribution in [0.5, 0.6) is 0 Å². The summed E-state index contributed by atoms with van der Waals surface area (Å²) >= 11 is 1.47. The number of hydrazone groups is 1. The lowest BCUT2D eigenvalue weighted by atomic mass is 9.87. The number of benzene rings is 2. The summed E-state index contributed by atoms with van der Waals surface area (Å²) in [5.74, 6) is 0.783. The number of aromatic nitrogens is 1. The Morgan fingerprint density at radius 3 is 2.36 bits per heavy atom. The minimum atomic E-state index is -0.930. The van der Waals surface area contributed by atoms with Crippen molar-refractivity contribution in [1.29, 1.82) is 0 Å². The highest BCUT2D eigenvalue weighted by Gasteiger charge is 2.40. The quantitative estimate of drug-likeness (QED) is 0.147. The molecule has 0 atom stereocenters. The van der Waals surface area contributed by atoms with Gasteiger partial charge in [-0.15, -0.1) is 11.3 Å². The largest absolute Gasteiger partial charge is 0.378 e. The Balaban J connectivity index is 1.35. The molecule has 1 saturated heterocycles. The molecule has 1 amide bonds. The molecule has 0 aliphatic carbocycles. The number of carbonyl (C=O) groups excluding carboxylic acids is 1. The molecule has 7 nitrogen and oxygen atoms in total. The number of carbonyl (C=O) groups is 1. The minimum absolute atomic E-state index is 0.126. The van der Waals surface area contributed by atoms with Crippen LogP contribution in [0.1, 0.15) is 62.2 Å². The molecule has 1 aliphatic heterocycles. The van der Waals surface area contributed by atoms with Crippen molar-refractivity contribution in [3.63, 3.8) is 0 Å². The highest BCUT2D eigenvalue weighted by atomic mass is 32.1. The van der Waals surface area contributed by atoms with E-state index in [0.717, 1.165) is 36.3 Å². The molecule has 1 N–H and O–H groups in total. The summed E-state index contributed by atoms with van der Waals surface area (Å²) in [6.07, 6.45) is 3.34. The van der Waals surface area contributed by atoms with E-state index in [0.29, 0.717) is 37.7 Å². The van der Waals surface area contributed by atoms with Gasteiger partial charge in [0.2, 0.25) is 6.41 Å². The number of rotatable bonds is 11. The van der Waals surface area contributed by atoms with Crippen LogP contribution < -0.4 is 0 Å². The van der Waals surface area contributed by atoms with Gasteiger partial charge in [-0.3, -0.25) is 9.80 Å². The van der Waals surface area contributed by atoms with Crippen LogP contribution in [0.25, 0.3) is 11.3 Å². The third kappa shape index (κ3) is 7.32. The first-order valence-corrected chi connectivity index (χ1v) is 14.4. The fourth-order valence-electron chi connectivity index (χ4n) is 4.51. The van der Waals surface area contributed by atoms with Gasteiger partial charge in [-0.25, -0.2) is 4.98 Å². The highest BCUT2D eigenvalue weighted by Crippen LogP contribution is 2.34. The van der Waals surface area contributed by atoms with Gasteiger partial charge in [0.1, 0.15) is 10.8 Å². The number of aliphatic hydroxyl groups is 1. The summed E-state index contributed by atoms with van der Waals surface area (Å²) < 4.78 is 5.15. The SMILES string of the molecule is CCN(C=O)/C(CCCc1ccc(-c2csc(C3(O)COC3)n2)cc1)=N\N(C)Cc1ccc(C(C)(C)C)cc1. The van der Waals surface area contributed by atoms with Gasteiger partial charge >= 0.3 is 0 Å². The van der Waals surface area contributed by atoms with Gasteiger partial charge < -0.3 is 14.7 Å². The number of aryl methyl sites for hydroxylation is 1. The van der Waals surface area contributed by atoms with Gasteiger partial charge in [0, 0.05) is 31.0 Å². The fourth-order valence-corrected chi connectivity index (χ4v) is 5.41. The third-order valence-corrected chi connectivity index (χ3v) is 8.05. The second-order valence-corrected chi connectivity index (χ2v) is 12.1. The van der Waals surface area contributed by atoms with E-state index in [4.69, 9.17) is 9.84 Å². The Morgan fingerprint density at radius 2 is 1.79 bits per heavy atom. The van der Waals surface area contributed by atoms with Gasteiger partial charge in [-0.2, -0.15) is 5.10 Å². The van der Waals surface area contributed by atoms with Crippen molar-refractivity contribution in [2.45, 2.75) is 64.5 Å². The molecule has 0 spiro atoms. The Labute approximate surface area is 236 Å². The number of hydrogen-bond acceptors (Lipinski definition) is 7. The van der Waals surface area contributed by atoms with Gasteiger partial charge in [0.15, 0.2) is 5.60 Å². The number of amidine groups is 1. The van der Waals surface area contributed by atoms with Crippen molar-refractivity contribution >= 4 is 23.6 Å².